The molecule has 5 heteroatoms. The van der Waals surface area contributed by atoms with Gasteiger partial charge in [0.2, 0.25) is 0 Å². The third-order valence-corrected chi connectivity index (χ3v) is 3.08. The number of likely N-dealkylation sites (N-methyl/N-ethyl adjacent to an activating group) is 1. The first-order valence-electron chi connectivity index (χ1n) is 6.73. The lowest BCUT2D eigenvalue weighted by molar-refractivity contribution is 0.0146. The number of benzene rings is 1. The van der Waals surface area contributed by atoms with Crippen LogP contribution in [0, 0.1) is 5.82 Å². The van der Waals surface area contributed by atoms with E-state index in [1.54, 1.807) is 26.0 Å². The molecule has 1 aliphatic rings. The number of hydrogen-bond acceptors (Lipinski definition) is 4. The summed E-state index contributed by atoms with van der Waals surface area (Å²) in [5.74, 6) is -0.255. The van der Waals surface area contributed by atoms with E-state index < -0.39 is 5.60 Å². The van der Waals surface area contributed by atoms with Crippen molar-refractivity contribution in [3.63, 3.8) is 0 Å². The van der Waals surface area contributed by atoms with Crippen molar-refractivity contribution in [2.75, 3.05) is 20.1 Å². The minimum absolute atomic E-state index is 0.0256. The van der Waals surface area contributed by atoms with Gasteiger partial charge >= 0.3 is 0 Å². The molecule has 0 fully saturated rings. The van der Waals surface area contributed by atoms with Crippen molar-refractivity contribution in [3.8, 4) is 0 Å². The summed E-state index contributed by atoms with van der Waals surface area (Å²) < 4.78 is 12.9. The van der Waals surface area contributed by atoms with Crippen LogP contribution in [0.1, 0.15) is 25.8 Å². The maximum absolute atomic E-state index is 12.9. The predicted octanol–water partition coefficient (Wildman–Crippen LogP) is 2.02. The summed E-state index contributed by atoms with van der Waals surface area (Å²) in [6.07, 6.45) is 0.671. The Kier molecular flexibility index (Phi) is 4.40. The average Bonchev–Trinajstić information content (AvgIpc) is 2.75. The van der Waals surface area contributed by atoms with E-state index >= 15 is 0 Å². The fourth-order valence-electron chi connectivity index (χ4n) is 2.41. The fourth-order valence-corrected chi connectivity index (χ4v) is 2.41. The van der Waals surface area contributed by atoms with Crippen molar-refractivity contribution in [1.29, 1.82) is 0 Å². The second-order valence-corrected chi connectivity index (χ2v) is 5.99. The Bertz CT molecular complexity index is 480. The molecular weight excluding hydrogens is 259 g/mol. The molecule has 0 amide bonds. The zero-order valence-electron chi connectivity index (χ0n) is 12.1. The van der Waals surface area contributed by atoms with Gasteiger partial charge in [0.25, 0.3) is 0 Å². The Morgan fingerprint density at radius 2 is 2.05 bits per heavy atom. The summed E-state index contributed by atoms with van der Waals surface area (Å²) in [7, 11) is 1.94. The molecule has 4 nitrogen and oxygen atoms in total. The Balaban J connectivity index is 1.87. The number of oxime groups is 1. The van der Waals surface area contributed by atoms with Crippen molar-refractivity contribution >= 4 is 5.71 Å². The number of hydrogen-bond donors (Lipinski definition) is 1. The molecule has 0 radical (unpaired) electrons. The van der Waals surface area contributed by atoms with Crippen molar-refractivity contribution in [1.82, 2.24) is 4.90 Å². The lowest BCUT2D eigenvalue weighted by Gasteiger charge is -2.26. The summed E-state index contributed by atoms with van der Waals surface area (Å²) in [5, 5.41) is 13.8. The van der Waals surface area contributed by atoms with Crippen LogP contribution in [-0.2, 0) is 4.84 Å². The van der Waals surface area contributed by atoms with Crippen LogP contribution in [0.3, 0.4) is 0 Å². The van der Waals surface area contributed by atoms with Crippen LogP contribution in [0.4, 0.5) is 4.39 Å². The monoisotopic (exact) mass is 280 g/mol. The van der Waals surface area contributed by atoms with Crippen LogP contribution < -0.4 is 0 Å². The standard InChI is InChI=1S/C15H21FN2O2/c1-15(2,19)10-18(3)9-13-8-14(17-20-13)11-4-6-12(16)7-5-11/h4-7,13,19H,8-10H2,1-3H3. The summed E-state index contributed by atoms with van der Waals surface area (Å²) in [5.41, 5.74) is 0.999. The van der Waals surface area contributed by atoms with Crippen molar-refractivity contribution < 1.29 is 14.3 Å². The van der Waals surface area contributed by atoms with Gasteiger partial charge in [-0.15, -0.1) is 0 Å². The average molecular weight is 280 g/mol. The quantitative estimate of drug-likeness (QED) is 0.897. The highest BCUT2D eigenvalue weighted by Crippen LogP contribution is 2.18. The maximum Gasteiger partial charge on any atom is 0.145 e. The molecule has 110 valence electrons. The highest BCUT2D eigenvalue weighted by atomic mass is 19.1. The molecule has 1 aromatic carbocycles. The molecule has 1 N–H and O–H groups in total. The van der Waals surface area contributed by atoms with Gasteiger partial charge in [0.15, 0.2) is 0 Å². The Labute approximate surface area is 118 Å². The van der Waals surface area contributed by atoms with Gasteiger partial charge in [-0.2, -0.15) is 0 Å². The molecule has 1 heterocycles. The van der Waals surface area contributed by atoms with E-state index in [1.807, 2.05) is 11.9 Å². The van der Waals surface area contributed by atoms with Gasteiger partial charge in [-0.05, 0) is 38.6 Å². The third-order valence-electron chi connectivity index (χ3n) is 3.08. The van der Waals surface area contributed by atoms with Crippen LogP contribution in [0.5, 0.6) is 0 Å². The predicted molar refractivity (Wildman–Crippen MR) is 76.2 cm³/mol. The molecule has 1 aromatic rings. The minimum atomic E-state index is -0.728. The van der Waals surface area contributed by atoms with E-state index in [2.05, 4.69) is 5.16 Å². The van der Waals surface area contributed by atoms with Crippen LogP contribution in [-0.4, -0.2) is 47.6 Å². The number of nitrogens with zero attached hydrogens (tertiary/aromatic N) is 2. The van der Waals surface area contributed by atoms with Gasteiger partial charge in [-0.25, -0.2) is 4.39 Å². The first-order chi connectivity index (χ1) is 9.33. The second kappa shape index (κ2) is 5.89. The van der Waals surface area contributed by atoms with Crippen molar-refractivity contribution in [2.45, 2.75) is 32.0 Å². The van der Waals surface area contributed by atoms with Gasteiger partial charge in [0.05, 0.1) is 11.3 Å². The Morgan fingerprint density at radius 1 is 1.40 bits per heavy atom. The van der Waals surface area contributed by atoms with Gasteiger partial charge in [0, 0.05) is 19.5 Å². The molecule has 0 aliphatic carbocycles. The van der Waals surface area contributed by atoms with Crippen LogP contribution >= 0.6 is 0 Å². The highest BCUT2D eigenvalue weighted by Gasteiger charge is 2.25. The van der Waals surface area contributed by atoms with E-state index in [0.717, 1.165) is 11.3 Å². The molecule has 1 unspecified atom stereocenters. The van der Waals surface area contributed by atoms with Crippen LogP contribution in [0.25, 0.3) is 0 Å². The maximum atomic E-state index is 12.9. The molecule has 0 aromatic heterocycles. The van der Waals surface area contributed by atoms with Gasteiger partial charge in [-0.1, -0.05) is 17.3 Å². The molecule has 1 atom stereocenters. The Morgan fingerprint density at radius 3 is 2.65 bits per heavy atom. The van der Waals surface area contributed by atoms with E-state index in [0.29, 0.717) is 19.5 Å². The smallest absolute Gasteiger partial charge is 0.145 e. The first-order valence-corrected chi connectivity index (χ1v) is 6.73. The van der Waals surface area contributed by atoms with E-state index in [4.69, 9.17) is 4.84 Å². The van der Waals surface area contributed by atoms with E-state index in [1.165, 1.54) is 12.1 Å². The second-order valence-electron chi connectivity index (χ2n) is 5.99. The molecule has 0 saturated heterocycles. The summed E-state index contributed by atoms with van der Waals surface area (Å²) in [4.78, 5) is 7.43. The van der Waals surface area contributed by atoms with E-state index in [9.17, 15) is 9.50 Å². The lowest BCUT2D eigenvalue weighted by atomic mass is 10.0. The largest absolute Gasteiger partial charge is 0.390 e. The number of rotatable bonds is 5. The summed E-state index contributed by atoms with van der Waals surface area (Å²) in [6, 6.07) is 6.26. The van der Waals surface area contributed by atoms with Crippen molar-refractivity contribution in [3.05, 3.63) is 35.6 Å². The normalized spacial score (nSPS) is 19.1. The van der Waals surface area contributed by atoms with Crippen LogP contribution in [0.2, 0.25) is 0 Å². The minimum Gasteiger partial charge on any atom is -0.390 e. The number of halogens is 1. The highest BCUT2D eigenvalue weighted by molar-refractivity contribution is 6.01. The summed E-state index contributed by atoms with van der Waals surface area (Å²) in [6.45, 7) is 4.82. The SMILES string of the molecule is CN(CC1CC(c2ccc(F)cc2)=NO1)CC(C)(C)O. The zero-order chi connectivity index (χ0) is 14.8. The molecular formula is C15H21FN2O2. The molecule has 0 saturated carbocycles. The van der Waals surface area contributed by atoms with Gasteiger partial charge in [0.1, 0.15) is 11.9 Å². The topological polar surface area (TPSA) is 45.1 Å². The van der Waals surface area contributed by atoms with E-state index in [-0.39, 0.29) is 11.9 Å². The molecule has 0 spiro atoms. The van der Waals surface area contributed by atoms with Crippen LogP contribution in [0.15, 0.2) is 29.4 Å². The molecule has 2 rings (SSSR count). The molecule has 0 bridgehead atoms. The number of aliphatic hydroxyl groups is 1. The third kappa shape index (κ3) is 4.28. The molecule has 1 aliphatic heterocycles. The lowest BCUT2D eigenvalue weighted by Crippen LogP contribution is -2.40. The molecule has 20 heavy (non-hydrogen) atoms. The first kappa shape index (κ1) is 14.9. The van der Waals surface area contributed by atoms with Gasteiger partial charge in [-0.3, -0.25) is 4.90 Å². The van der Waals surface area contributed by atoms with Crippen molar-refractivity contribution in [2.24, 2.45) is 5.16 Å². The zero-order valence-corrected chi connectivity index (χ0v) is 12.1. The Hall–Kier alpha value is -1.46. The summed E-state index contributed by atoms with van der Waals surface area (Å²) >= 11 is 0. The fraction of sp³-hybridized carbons (Fsp3) is 0.533. The van der Waals surface area contributed by atoms with Gasteiger partial charge < -0.3 is 9.94 Å².